The Kier molecular flexibility index (Phi) is 4.10. The Labute approximate surface area is 144 Å². The van der Waals surface area contributed by atoms with Gasteiger partial charge in [-0.2, -0.15) is 0 Å². The molecule has 3 aromatic carbocycles. The van der Waals surface area contributed by atoms with Crippen molar-refractivity contribution in [3.05, 3.63) is 65.7 Å². The fourth-order valence-corrected chi connectivity index (χ4v) is 3.68. The van der Waals surface area contributed by atoms with Gasteiger partial charge in [-0.1, -0.05) is 24.3 Å². The summed E-state index contributed by atoms with van der Waals surface area (Å²) in [7, 11) is -3.88. The molecule has 0 spiro atoms. The molecule has 0 atom stereocenters. The van der Waals surface area contributed by atoms with Crippen LogP contribution in [-0.2, 0) is 10.0 Å². The first-order valence-corrected chi connectivity index (χ1v) is 8.85. The average Bonchev–Trinajstić information content (AvgIpc) is 2.58. The van der Waals surface area contributed by atoms with E-state index in [1.807, 2.05) is 0 Å². The minimum absolute atomic E-state index is 0.0588. The number of carbonyl (C=O) groups is 1. The number of hydrogen-bond acceptors (Lipinski definition) is 4. The smallest absolute Gasteiger partial charge is 0.336 e. The van der Waals surface area contributed by atoms with Gasteiger partial charge in [-0.3, -0.25) is 4.72 Å². The molecule has 0 fully saturated rings. The van der Waals surface area contributed by atoms with Crippen molar-refractivity contribution in [1.29, 1.82) is 0 Å². The number of para-hydroxylation sites is 1. The first-order chi connectivity index (χ1) is 11.8. The Hall–Kier alpha value is -3.06. The average molecular weight is 357 g/mol. The normalized spacial score (nSPS) is 11.4. The Morgan fingerprint density at radius 2 is 1.68 bits per heavy atom. The van der Waals surface area contributed by atoms with Crippen LogP contribution in [0.5, 0.6) is 5.75 Å². The summed E-state index contributed by atoms with van der Waals surface area (Å²) in [6, 6.07) is 13.7. The number of rotatable bonds is 4. The molecular formula is C18H15NO5S. The van der Waals surface area contributed by atoms with Gasteiger partial charge in [0.25, 0.3) is 10.0 Å². The van der Waals surface area contributed by atoms with Gasteiger partial charge >= 0.3 is 5.97 Å². The summed E-state index contributed by atoms with van der Waals surface area (Å²) in [5.74, 6) is -1.39. The molecule has 0 saturated carbocycles. The molecule has 0 aromatic heterocycles. The minimum Gasteiger partial charge on any atom is -0.508 e. The number of benzene rings is 3. The highest BCUT2D eigenvalue weighted by Crippen LogP contribution is 2.32. The number of sulfonamides is 1. The summed E-state index contributed by atoms with van der Waals surface area (Å²) in [4.78, 5) is 11.4. The van der Waals surface area contributed by atoms with Crippen LogP contribution >= 0.6 is 0 Å². The Bertz CT molecular complexity index is 1080. The third-order valence-corrected chi connectivity index (χ3v) is 5.30. The van der Waals surface area contributed by atoms with Crippen LogP contribution in [0, 0.1) is 6.92 Å². The van der Waals surface area contributed by atoms with Crippen molar-refractivity contribution in [1.82, 2.24) is 0 Å². The lowest BCUT2D eigenvalue weighted by Gasteiger charge is -2.12. The highest BCUT2D eigenvalue weighted by molar-refractivity contribution is 7.92. The molecule has 3 rings (SSSR count). The third-order valence-electron chi connectivity index (χ3n) is 3.92. The van der Waals surface area contributed by atoms with Gasteiger partial charge in [0.05, 0.1) is 10.5 Å². The fraction of sp³-hybridized carbons (Fsp3) is 0.0556. The lowest BCUT2D eigenvalue weighted by Crippen LogP contribution is -2.13. The number of carboxylic acid groups (broad SMARTS) is 1. The van der Waals surface area contributed by atoms with E-state index in [0.717, 1.165) is 6.07 Å². The molecule has 0 aliphatic carbocycles. The molecule has 0 amide bonds. The molecule has 128 valence electrons. The van der Waals surface area contributed by atoms with Crippen molar-refractivity contribution in [2.75, 3.05) is 4.72 Å². The monoisotopic (exact) mass is 357 g/mol. The van der Waals surface area contributed by atoms with Crippen molar-refractivity contribution >= 4 is 32.5 Å². The molecule has 6 nitrogen and oxygen atoms in total. The van der Waals surface area contributed by atoms with E-state index in [2.05, 4.69) is 4.72 Å². The molecule has 0 heterocycles. The van der Waals surface area contributed by atoms with Gasteiger partial charge in [0.15, 0.2) is 0 Å². The third kappa shape index (κ3) is 3.14. The maximum absolute atomic E-state index is 12.6. The number of anilines is 1. The molecule has 0 unspecified atom stereocenters. The molecule has 0 aliphatic rings. The van der Waals surface area contributed by atoms with Gasteiger partial charge in [-0.25, -0.2) is 13.2 Å². The van der Waals surface area contributed by atoms with Gasteiger partial charge in [-0.05, 0) is 53.6 Å². The Balaban J connectivity index is 2.17. The molecule has 0 radical (unpaired) electrons. The SMILES string of the molecule is Cc1c(O)cc(C(=O)O)c2cc(S(=O)(=O)Nc3ccccc3)ccc12. The Morgan fingerprint density at radius 3 is 2.32 bits per heavy atom. The van der Waals surface area contributed by atoms with E-state index in [-0.39, 0.29) is 21.6 Å². The van der Waals surface area contributed by atoms with E-state index in [1.54, 1.807) is 37.3 Å². The second-order valence-electron chi connectivity index (χ2n) is 5.55. The first-order valence-electron chi connectivity index (χ1n) is 7.37. The number of phenols is 1. The van der Waals surface area contributed by atoms with Crippen molar-refractivity contribution in [3.63, 3.8) is 0 Å². The van der Waals surface area contributed by atoms with E-state index in [4.69, 9.17) is 0 Å². The first kappa shape index (κ1) is 16.8. The number of fused-ring (bicyclic) bond motifs is 1. The second-order valence-corrected chi connectivity index (χ2v) is 7.23. The lowest BCUT2D eigenvalue weighted by molar-refractivity contribution is 0.0698. The zero-order valence-corrected chi connectivity index (χ0v) is 14.0. The minimum atomic E-state index is -3.88. The molecule has 3 aromatic rings. The molecule has 7 heteroatoms. The largest absolute Gasteiger partial charge is 0.508 e. The number of nitrogens with one attached hydrogen (secondary N) is 1. The van der Waals surface area contributed by atoms with Gasteiger partial charge in [0.2, 0.25) is 0 Å². The molecule has 0 bridgehead atoms. The predicted octanol–water partition coefficient (Wildman–Crippen LogP) is 3.35. The predicted molar refractivity (Wildman–Crippen MR) is 94.6 cm³/mol. The maximum Gasteiger partial charge on any atom is 0.336 e. The quantitative estimate of drug-likeness (QED) is 0.664. The van der Waals surface area contributed by atoms with Gasteiger partial charge < -0.3 is 10.2 Å². The lowest BCUT2D eigenvalue weighted by atomic mass is 9.99. The zero-order chi connectivity index (χ0) is 18.2. The van der Waals surface area contributed by atoms with Crippen molar-refractivity contribution in [3.8, 4) is 5.75 Å². The van der Waals surface area contributed by atoms with Crippen LogP contribution in [0.4, 0.5) is 5.69 Å². The summed E-state index contributed by atoms with van der Waals surface area (Å²) >= 11 is 0. The molecular weight excluding hydrogens is 342 g/mol. The number of hydrogen-bond donors (Lipinski definition) is 3. The standard InChI is InChI=1S/C18H15NO5S/c1-11-14-8-7-13(9-15(14)16(18(21)22)10-17(11)20)25(23,24)19-12-5-3-2-4-6-12/h2-10,19-20H,1H3,(H,21,22). The van der Waals surface area contributed by atoms with Crippen LogP contribution in [0.15, 0.2) is 59.5 Å². The molecule has 3 N–H and O–H groups in total. The molecule has 0 saturated heterocycles. The summed E-state index contributed by atoms with van der Waals surface area (Å²) in [6.07, 6.45) is 0. The fourth-order valence-electron chi connectivity index (χ4n) is 2.60. The van der Waals surface area contributed by atoms with Gasteiger partial charge in [0, 0.05) is 5.69 Å². The number of phenolic OH excluding ortho intramolecular Hbond substituents is 1. The summed E-state index contributed by atoms with van der Waals surface area (Å²) in [6.45, 7) is 1.64. The number of aromatic hydroxyl groups is 1. The van der Waals surface area contributed by atoms with Crippen LogP contribution in [0.1, 0.15) is 15.9 Å². The van der Waals surface area contributed by atoms with E-state index in [0.29, 0.717) is 16.6 Å². The summed E-state index contributed by atoms with van der Waals surface area (Å²) in [5.41, 5.74) is 0.734. The van der Waals surface area contributed by atoms with Gasteiger partial charge in [-0.15, -0.1) is 0 Å². The van der Waals surface area contributed by atoms with Crippen LogP contribution in [0.25, 0.3) is 10.8 Å². The van der Waals surface area contributed by atoms with Crippen LogP contribution in [0.3, 0.4) is 0 Å². The topological polar surface area (TPSA) is 104 Å². The van der Waals surface area contributed by atoms with Crippen LogP contribution in [0.2, 0.25) is 0 Å². The van der Waals surface area contributed by atoms with Gasteiger partial charge in [0.1, 0.15) is 5.75 Å². The second kappa shape index (κ2) is 6.10. The summed E-state index contributed by atoms with van der Waals surface area (Å²) < 4.78 is 27.6. The molecule has 0 aliphatic heterocycles. The van der Waals surface area contributed by atoms with E-state index in [9.17, 15) is 23.4 Å². The van der Waals surface area contributed by atoms with Crippen LogP contribution < -0.4 is 4.72 Å². The molecule has 25 heavy (non-hydrogen) atoms. The summed E-state index contributed by atoms with van der Waals surface area (Å²) in [5, 5.41) is 20.0. The van der Waals surface area contributed by atoms with Crippen molar-refractivity contribution in [2.24, 2.45) is 0 Å². The zero-order valence-electron chi connectivity index (χ0n) is 13.2. The maximum atomic E-state index is 12.6. The number of carboxylic acids is 1. The number of aryl methyl sites for hydroxylation is 1. The van der Waals surface area contributed by atoms with Crippen molar-refractivity contribution in [2.45, 2.75) is 11.8 Å². The highest BCUT2D eigenvalue weighted by atomic mass is 32.2. The Morgan fingerprint density at radius 1 is 1.00 bits per heavy atom. The van der Waals surface area contributed by atoms with E-state index < -0.39 is 16.0 Å². The van der Waals surface area contributed by atoms with Crippen molar-refractivity contribution < 1.29 is 23.4 Å². The highest BCUT2D eigenvalue weighted by Gasteiger charge is 2.19. The number of aromatic carboxylic acids is 1. The van der Waals surface area contributed by atoms with E-state index >= 15 is 0 Å². The van der Waals surface area contributed by atoms with E-state index in [1.165, 1.54) is 18.2 Å². The van der Waals surface area contributed by atoms with Crippen LogP contribution in [-0.4, -0.2) is 24.6 Å².